The molecule has 2 aromatic rings. The number of aromatic carboxylic acids is 1. The van der Waals surface area contributed by atoms with Crippen molar-refractivity contribution in [3.8, 4) is 0 Å². The van der Waals surface area contributed by atoms with Crippen molar-refractivity contribution in [3.63, 3.8) is 0 Å². The summed E-state index contributed by atoms with van der Waals surface area (Å²) in [5.74, 6) is -2.04. The zero-order valence-corrected chi connectivity index (χ0v) is 11.1. The summed E-state index contributed by atoms with van der Waals surface area (Å²) in [6.45, 7) is 0. The number of amides is 1. The van der Waals surface area contributed by atoms with Crippen molar-refractivity contribution in [2.45, 2.75) is 0 Å². The number of imidazole rings is 1. The molecule has 2 aromatic heterocycles. The maximum Gasteiger partial charge on any atom is 0.372 e. The molecule has 21 heavy (non-hydrogen) atoms. The van der Waals surface area contributed by atoms with Crippen molar-refractivity contribution in [3.05, 3.63) is 40.1 Å². The monoisotopic (exact) mass is 293 g/mol. The minimum atomic E-state index is -1.23. The number of carbonyl (C=O) groups excluding carboxylic acids is 1. The zero-order valence-electron chi connectivity index (χ0n) is 11.1. The highest BCUT2D eigenvalue weighted by atomic mass is 16.6. The minimum Gasteiger partial charge on any atom is -0.475 e. The third-order valence-corrected chi connectivity index (χ3v) is 2.74. The van der Waals surface area contributed by atoms with E-state index in [-0.39, 0.29) is 23.0 Å². The number of carboxylic acids is 1. The van der Waals surface area contributed by atoms with Crippen molar-refractivity contribution in [2.24, 2.45) is 14.1 Å². The van der Waals surface area contributed by atoms with Crippen LogP contribution in [0, 0.1) is 10.1 Å². The van der Waals surface area contributed by atoms with E-state index in [1.54, 1.807) is 0 Å². The van der Waals surface area contributed by atoms with E-state index in [0.717, 1.165) is 6.07 Å². The van der Waals surface area contributed by atoms with Gasteiger partial charge in [-0.15, -0.1) is 0 Å². The smallest absolute Gasteiger partial charge is 0.372 e. The summed E-state index contributed by atoms with van der Waals surface area (Å²) >= 11 is 0. The lowest BCUT2D eigenvalue weighted by Crippen LogP contribution is -2.15. The molecular formula is C11H11N5O5. The Labute approximate surface area is 117 Å². The Morgan fingerprint density at radius 3 is 2.48 bits per heavy atom. The molecule has 10 heteroatoms. The molecule has 0 spiro atoms. The molecule has 0 aliphatic heterocycles. The van der Waals surface area contributed by atoms with Gasteiger partial charge >= 0.3 is 5.97 Å². The maximum absolute atomic E-state index is 12.0. The largest absolute Gasteiger partial charge is 0.475 e. The molecule has 10 nitrogen and oxygen atoms in total. The number of aryl methyl sites for hydroxylation is 2. The van der Waals surface area contributed by atoms with Crippen molar-refractivity contribution in [1.29, 1.82) is 0 Å². The first kappa shape index (κ1) is 14.2. The molecule has 0 aromatic carbocycles. The van der Waals surface area contributed by atoms with Crippen LogP contribution in [-0.2, 0) is 14.1 Å². The number of hydrogen-bond donors (Lipinski definition) is 2. The molecule has 0 unspecified atom stereocenters. The van der Waals surface area contributed by atoms with Gasteiger partial charge in [0.05, 0.1) is 11.1 Å². The lowest BCUT2D eigenvalue weighted by atomic mass is 10.4. The van der Waals surface area contributed by atoms with Crippen LogP contribution >= 0.6 is 0 Å². The number of rotatable bonds is 4. The quantitative estimate of drug-likeness (QED) is 0.627. The molecule has 2 heterocycles. The van der Waals surface area contributed by atoms with Gasteiger partial charge in [-0.05, 0) is 0 Å². The molecule has 1 amide bonds. The molecule has 2 rings (SSSR count). The molecule has 0 radical (unpaired) electrons. The highest BCUT2D eigenvalue weighted by molar-refractivity contribution is 6.03. The Morgan fingerprint density at radius 1 is 1.33 bits per heavy atom. The Balaban J connectivity index is 2.24. The van der Waals surface area contributed by atoms with Gasteiger partial charge in [0.25, 0.3) is 11.6 Å². The predicted octanol–water partition coefficient (Wildman–Crippen LogP) is 0.617. The summed E-state index contributed by atoms with van der Waals surface area (Å²) in [7, 11) is 2.96. The molecule has 0 fully saturated rings. The van der Waals surface area contributed by atoms with Gasteiger partial charge in [-0.3, -0.25) is 14.9 Å². The lowest BCUT2D eigenvalue weighted by molar-refractivity contribution is -0.384. The van der Waals surface area contributed by atoms with E-state index in [9.17, 15) is 19.7 Å². The van der Waals surface area contributed by atoms with Crippen LogP contribution in [0.2, 0.25) is 0 Å². The standard InChI is InChI=1S/C11H11N5O5/c1-14-4-6(16(20)21)3-7(14)10(17)13-8-5-15(2)9(12-8)11(18)19/h3-5H,1-2H3,(H,13,17)(H,18,19). The van der Waals surface area contributed by atoms with Crippen molar-refractivity contribution in [2.75, 3.05) is 5.32 Å². The van der Waals surface area contributed by atoms with E-state index in [1.807, 2.05) is 0 Å². The number of nitrogens with one attached hydrogen (secondary N) is 1. The Bertz CT molecular complexity index is 744. The highest BCUT2D eigenvalue weighted by Crippen LogP contribution is 2.16. The molecule has 0 saturated heterocycles. The van der Waals surface area contributed by atoms with Gasteiger partial charge < -0.3 is 19.6 Å². The summed E-state index contributed by atoms with van der Waals surface area (Å²) in [5, 5.41) is 21.9. The third-order valence-electron chi connectivity index (χ3n) is 2.74. The van der Waals surface area contributed by atoms with Gasteiger partial charge in [0.15, 0.2) is 5.82 Å². The van der Waals surface area contributed by atoms with Gasteiger partial charge in [0.2, 0.25) is 5.82 Å². The van der Waals surface area contributed by atoms with E-state index < -0.39 is 16.8 Å². The van der Waals surface area contributed by atoms with Gasteiger partial charge in [0, 0.05) is 26.4 Å². The SMILES string of the molecule is Cn1cc([N+](=O)[O-])cc1C(=O)Nc1cn(C)c(C(=O)O)n1. The average Bonchev–Trinajstić information content (AvgIpc) is 2.92. The Morgan fingerprint density at radius 2 is 2.00 bits per heavy atom. The van der Waals surface area contributed by atoms with Crippen LogP contribution in [-0.4, -0.2) is 36.0 Å². The van der Waals surface area contributed by atoms with Crippen LogP contribution in [0.5, 0.6) is 0 Å². The van der Waals surface area contributed by atoms with Crippen LogP contribution in [0.25, 0.3) is 0 Å². The summed E-state index contributed by atoms with van der Waals surface area (Å²) in [4.78, 5) is 36.6. The summed E-state index contributed by atoms with van der Waals surface area (Å²) in [5.41, 5.74) is -0.154. The lowest BCUT2D eigenvalue weighted by Gasteiger charge is -2.01. The van der Waals surface area contributed by atoms with Gasteiger partial charge in [0.1, 0.15) is 5.69 Å². The molecule has 110 valence electrons. The summed E-state index contributed by atoms with van der Waals surface area (Å²) in [6, 6.07) is 1.12. The number of hydrogen-bond acceptors (Lipinski definition) is 5. The average molecular weight is 293 g/mol. The molecule has 0 aliphatic rings. The van der Waals surface area contributed by atoms with Crippen LogP contribution in [0.3, 0.4) is 0 Å². The van der Waals surface area contributed by atoms with Crippen LogP contribution in [0.15, 0.2) is 18.5 Å². The van der Waals surface area contributed by atoms with Crippen LogP contribution in [0.1, 0.15) is 21.1 Å². The first-order valence-corrected chi connectivity index (χ1v) is 5.68. The van der Waals surface area contributed by atoms with E-state index >= 15 is 0 Å². The van der Waals surface area contributed by atoms with Gasteiger partial charge in [-0.2, -0.15) is 0 Å². The fraction of sp³-hybridized carbons (Fsp3) is 0.182. The van der Waals surface area contributed by atoms with E-state index in [4.69, 9.17) is 5.11 Å². The normalized spacial score (nSPS) is 10.4. The molecule has 0 aliphatic carbocycles. The third kappa shape index (κ3) is 2.73. The molecular weight excluding hydrogens is 282 g/mol. The second-order valence-electron chi connectivity index (χ2n) is 4.27. The topological polar surface area (TPSA) is 132 Å². The number of nitro groups is 1. The van der Waals surface area contributed by atoms with Crippen molar-refractivity contribution < 1.29 is 19.6 Å². The number of anilines is 1. The Kier molecular flexibility index (Phi) is 3.44. The molecule has 0 atom stereocenters. The first-order chi connectivity index (χ1) is 9.79. The van der Waals surface area contributed by atoms with E-state index in [2.05, 4.69) is 10.3 Å². The minimum absolute atomic E-state index is 0.0451. The molecule has 0 bridgehead atoms. The summed E-state index contributed by atoms with van der Waals surface area (Å²) in [6.07, 6.45) is 2.54. The fourth-order valence-electron chi connectivity index (χ4n) is 1.78. The van der Waals surface area contributed by atoms with Gasteiger partial charge in [-0.1, -0.05) is 0 Å². The Hall–Kier alpha value is -3.17. The molecule has 2 N–H and O–H groups in total. The molecule has 0 saturated carbocycles. The van der Waals surface area contributed by atoms with Crippen molar-refractivity contribution >= 4 is 23.4 Å². The number of carbonyl (C=O) groups is 2. The van der Waals surface area contributed by atoms with E-state index in [1.165, 1.54) is 35.6 Å². The van der Waals surface area contributed by atoms with Crippen LogP contribution < -0.4 is 5.32 Å². The zero-order chi connectivity index (χ0) is 15.7. The van der Waals surface area contributed by atoms with Crippen LogP contribution in [0.4, 0.5) is 11.5 Å². The fourth-order valence-corrected chi connectivity index (χ4v) is 1.78. The number of carboxylic acid groups (broad SMARTS) is 1. The van der Waals surface area contributed by atoms with Gasteiger partial charge in [-0.25, -0.2) is 9.78 Å². The van der Waals surface area contributed by atoms with E-state index in [0.29, 0.717) is 0 Å². The predicted molar refractivity (Wildman–Crippen MR) is 70.2 cm³/mol. The summed E-state index contributed by atoms with van der Waals surface area (Å²) < 4.78 is 2.54. The second kappa shape index (κ2) is 5.07. The maximum atomic E-state index is 12.0. The highest BCUT2D eigenvalue weighted by Gasteiger charge is 2.19. The second-order valence-corrected chi connectivity index (χ2v) is 4.27. The van der Waals surface area contributed by atoms with Crippen molar-refractivity contribution in [1.82, 2.24) is 14.1 Å². The first-order valence-electron chi connectivity index (χ1n) is 5.68. The number of nitrogens with zero attached hydrogens (tertiary/aromatic N) is 4. The number of aromatic nitrogens is 3.